The van der Waals surface area contributed by atoms with Gasteiger partial charge < -0.3 is 5.73 Å². The summed E-state index contributed by atoms with van der Waals surface area (Å²) in [6, 6.07) is 0.718. The van der Waals surface area contributed by atoms with Crippen molar-refractivity contribution in [1.29, 1.82) is 0 Å². The maximum atomic E-state index is 12.6. The average molecular weight is 262 g/mol. The second kappa shape index (κ2) is 4.43. The highest BCUT2D eigenvalue weighted by molar-refractivity contribution is 6.02. The Kier molecular flexibility index (Phi) is 3.35. The van der Waals surface area contributed by atoms with Gasteiger partial charge in [-0.2, -0.15) is 13.2 Å². The fourth-order valence-corrected chi connectivity index (χ4v) is 1.35. The highest BCUT2D eigenvalue weighted by Crippen LogP contribution is 2.35. The summed E-state index contributed by atoms with van der Waals surface area (Å²) in [5.41, 5.74) is 0.337. The van der Waals surface area contributed by atoms with Crippen LogP contribution >= 0.6 is 0 Å². The monoisotopic (exact) mass is 262 g/mol. The first-order chi connectivity index (χ1) is 8.18. The minimum atomic E-state index is -5.03. The number of hydrogen-bond donors (Lipinski definition) is 1. The van der Waals surface area contributed by atoms with E-state index in [0.717, 1.165) is 0 Å². The third-order valence-corrected chi connectivity index (χ3v) is 2.04. The molecule has 0 bridgehead atoms. The van der Waals surface area contributed by atoms with Crippen LogP contribution in [0, 0.1) is 10.1 Å². The molecule has 0 radical (unpaired) electrons. The molecule has 1 aromatic rings. The number of halogens is 3. The van der Waals surface area contributed by atoms with Gasteiger partial charge >= 0.3 is 6.18 Å². The molecule has 0 aliphatic carbocycles. The maximum absolute atomic E-state index is 12.6. The first kappa shape index (κ1) is 13.6. The normalized spacial score (nSPS) is 11.1. The molecule has 0 unspecified atom stereocenters. The second-order valence-corrected chi connectivity index (χ2v) is 3.19. The molecule has 18 heavy (non-hydrogen) atoms. The van der Waals surface area contributed by atoms with Gasteiger partial charge in [0.05, 0.1) is 16.1 Å². The number of nitrogens with two attached hydrogens (primary N) is 1. The van der Waals surface area contributed by atoms with E-state index in [4.69, 9.17) is 5.73 Å². The van der Waals surface area contributed by atoms with Crippen molar-refractivity contribution >= 4 is 17.9 Å². The van der Waals surface area contributed by atoms with E-state index in [-0.39, 0.29) is 12.4 Å². The Balaban J connectivity index is 3.73. The minimum Gasteiger partial charge on any atom is -0.366 e. The zero-order valence-electron chi connectivity index (χ0n) is 8.52. The Hall–Kier alpha value is -2.45. The number of amides is 1. The molecule has 0 aliphatic heterocycles. The van der Waals surface area contributed by atoms with Gasteiger partial charge in [0.25, 0.3) is 5.69 Å². The summed E-state index contributed by atoms with van der Waals surface area (Å²) in [6.45, 7) is 0. The number of aldehydes is 1. The zero-order valence-corrected chi connectivity index (χ0v) is 8.52. The van der Waals surface area contributed by atoms with E-state index in [1.165, 1.54) is 0 Å². The number of nitro benzene ring substituents is 1. The van der Waals surface area contributed by atoms with Crippen LogP contribution in [0.15, 0.2) is 12.1 Å². The summed E-state index contributed by atoms with van der Waals surface area (Å²) in [4.78, 5) is 30.8. The molecule has 0 aliphatic rings. The number of benzene rings is 1. The standard InChI is InChI=1S/C9H5F3N2O4/c10-9(11,12)6-2-5(14(17)18)1-4(3-15)7(6)8(13)16/h1-3H,(H2,13,16). The van der Waals surface area contributed by atoms with Crippen molar-refractivity contribution in [3.63, 3.8) is 0 Å². The first-order valence-corrected chi connectivity index (χ1v) is 4.33. The van der Waals surface area contributed by atoms with Gasteiger partial charge in [0.1, 0.15) is 0 Å². The number of non-ortho nitro benzene ring substituents is 1. The van der Waals surface area contributed by atoms with Crippen molar-refractivity contribution < 1.29 is 27.7 Å². The second-order valence-electron chi connectivity index (χ2n) is 3.19. The van der Waals surface area contributed by atoms with E-state index in [2.05, 4.69) is 0 Å². The maximum Gasteiger partial charge on any atom is 0.417 e. The number of rotatable bonds is 3. The number of carbonyl (C=O) groups is 2. The lowest BCUT2D eigenvalue weighted by Crippen LogP contribution is -2.21. The summed E-state index contributed by atoms with van der Waals surface area (Å²) in [7, 11) is 0. The van der Waals surface area contributed by atoms with E-state index in [1.54, 1.807) is 0 Å². The summed E-state index contributed by atoms with van der Waals surface area (Å²) < 4.78 is 37.9. The third-order valence-electron chi connectivity index (χ3n) is 2.04. The lowest BCUT2D eigenvalue weighted by molar-refractivity contribution is -0.385. The molecule has 0 saturated heterocycles. The van der Waals surface area contributed by atoms with Crippen molar-refractivity contribution in [2.24, 2.45) is 5.73 Å². The summed E-state index contributed by atoms with van der Waals surface area (Å²) in [5.74, 6) is -1.49. The van der Waals surface area contributed by atoms with Gasteiger partial charge in [-0.05, 0) is 0 Å². The lowest BCUT2D eigenvalue weighted by atomic mass is 9.99. The Morgan fingerprint density at radius 3 is 2.28 bits per heavy atom. The fourth-order valence-electron chi connectivity index (χ4n) is 1.35. The number of primary amides is 1. The Bertz CT molecular complexity index is 539. The van der Waals surface area contributed by atoms with E-state index >= 15 is 0 Å². The highest BCUT2D eigenvalue weighted by atomic mass is 19.4. The number of alkyl halides is 3. The molecule has 0 aromatic heterocycles. The molecule has 0 heterocycles. The predicted octanol–water partition coefficient (Wildman–Crippen LogP) is 1.52. The van der Waals surface area contributed by atoms with Crippen molar-refractivity contribution in [2.75, 3.05) is 0 Å². The van der Waals surface area contributed by atoms with E-state index in [0.29, 0.717) is 6.07 Å². The summed E-state index contributed by atoms with van der Waals surface area (Å²) >= 11 is 0. The van der Waals surface area contributed by atoms with E-state index < -0.39 is 39.4 Å². The van der Waals surface area contributed by atoms with Crippen LogP contribution in [-0.4, -0.2) is 17.1 Å². The van der Waals surface area contributed by atoms with Crippen LogP contribution in [0.3, 0.4) is 0 Å². The number of hydrogen-bond acceptors (Lipinski definition) is 4. The predicted molar refractivity (Wildman–Crippen MR) is 52.0 cm³/mol. The average Bonchev–Trinajstić information content (AvgIpc) is 2.25. The van der Waals surface area contributed by atoms with Crippen LogP contribution in [0.25, 0.3) is 0 Å². The van der Waals surface area contributed by atoms with Gasteiger partial charge in [-0.3, -0.25) is 19.7 Å². The van der Waals surface area contributed by atoms with Crippen LogP contribution in [0.2, 0.25) is 0 Å². The van der Waals surface area contributed by atoms with Gasteiger partial charge in [-0.15, -0.1) is 0 Å². The van der Waals surface area contributed by atoms with Crippen molar-refractivity contribution in [3.8, 4) is 0 Å². The fraction of sp³-hybridized carbons (Fsp3) is 0.111. The molecular weight excluding hydrogens is 257 g/mol. The molecule has 0 fully saturated rings. The van der Waals surface area contributed by atoms with Crippen LogP contribution in [0.4, 0.5) is 18.9 Å². The van der Waals surface area contributed by atoms with E-state index in [1.807, 2.05) is 0 Å². The van der Waals surface area contributed by atoms with Gasteiger partial charge in [-0.1, -0.05) is 0 Å². The molecule has 6 nitrogen and oxygen atoms in total. The van der Waals surface area contributed by atoms with Gasteiger partial charge in [0.15, 0.2) is 6.29 Å². The van der Waals surface area contributed by atoms with Gasteiger partial charge in [-0.25, -0.2) is 0 Å². The van der Waals surface area contributed by atoms with Crippen LogP contribution in [-0.2, 0) is 6.18 Å². The van der Waals surface area contributed by atoms with Crippen LogP contribution < -0.4 is 5.73 Å². The molecular formula is C9H5F3N2O4. The number of carbonyl (C=O) groups excluding carboxylic acids is 2. The molecule has 0 spiro atoms. The lowest BCUT2D eigenvalue weighted by Gasteiger charge is -2.12. The minimum absolute atomic E-state index is 0.0949. The highest BCUT2D eigenvalue weighted by Gasteiger charge is 2.38. The Labute approximate surface area is 97.3 Å². The Morgan fingerprint density at radius 1 is 1.39 bits per heavy atom. The molecule has 9 heteroatoms. The van der Waals surface area contributed by atoms with Crippen molar-refractivity contribution in [3.05, 3.63) is 38.9 Å². The molecule has 1 amide bonds. The Morgan fingerprint density at radius 2 is 1.94 bits per heavy atom. The topological polar surface area (TPSA) is 103 Å². The summed E-state index contributed by atoms with van der Waals surface area (Å²) in [5, 5.41) is 10.4. The molecule has 1 aromatic carbocycles. The SMILES string of the molecule is NC(=O)c1c(C=O)cc([N+](=O)[O-])cc1C(F)(F)F. The molecule has 0 atom stereocenters. The molecule has 96 valence electrons. The quantitative estimate of drug-likeness (QED) is 0.506. The summed E-state index contributed by atoms with van der Waals surface area (Å²) in [6.07, 6.45) is -5.13. The van der Waals surface area contributed by atoms with Gasteiger partial charge in [0.2, 0.25) is 5.91 Å². The number of nitro groups is 1. The molecule has 2 N–H and O–H groups in total. The van der Waals surface area contributed by atoms with Gasteiger partial charge in [0, 0.05) is 17.7 Å². The largest absolute Gasteiger partial charge is 0.417 e. The number of nitrogens with zero attached hydrogens (tertiary/aromatic N) is 1. The van der Waals surface area contributed by atoms with E-state index in [9.17, 15) is 32.9 Å². The molecule has 1 rings (SSSR count). The third kappa shape index (κ3) is 2.44. The van der Waals surface area contributed by atoms with Crippen molar-refractivity contribution in [2.45, 2.75) is 6.18 Å². The smallest absolute Gasteiger partial charge is 0.366 e. The van der Waals surface area contributed by atoms with Crippen molar-refractivity contribution in [1.82, 2.24) is 0 Å². The van der Waals surface area contributed by atoms with Crippen LogP contribution in [0.5, 0.6) is 0 Å². The van der Waals surface area contributed by atoms with Crippen LogP contribution in [0.1, 0.15) is 26.3 Å². The molecule has 0 saturated carbocycles. The first-order valence-electron chi connectivity index (χ1n) is 4.33. The zero-order chi connectivity index (χ0) is 14.1.